The normalized spacial score (nSPS) is 25.9. The number of β-amino-alcohol motifs (C(OH)–C–C–N with tert-alkyl or cyclic N) is 1. The number of primary amides is 1. The second kappa shape index (κ2) is 12.3. The SMILES string of the molecule is CC1(S(=O)(=O)NC(=O)[C@H]2C[C@H]2/C=C\CCCCC[C@H](Nc2cccc(F)c2)C(=O)N2C[C@H](O)C[C@H]2C(N)=O)CC1. The lowest BCUT2D eigenvalue weighted by Gasteiger charge is -2.28. The van der Waals surface area contributed by atoms with E-state index in [9.17, 15) is 32.3 Å². The predicted octanol–water partition coefficient (Wildman–Crippen LogP) is 2.19. The van der Waals surface area contributed by atoms with E-state index in [2.05, 4.69) is 10.0 Å². The van der Waals surface area contributed by atoms with Gasteiger partial charge in [-0.2, -0.15) is 0 Å². The van der Waals surface area contributed by atoms with E-state index < -0.39 is 50.6 Å². The first-order chi connectivity index (χ1) is 18.9. The van der Waals surface area contributed by atoms with Crippen LogP contribution in [0.4, 0.5) is 10.1 Å². The van der Waals surface area contributed by atoms with Gasteiger partial charge < -0.3 is 21.1 Å². The molecule has 1 aromatic rings. The number of nitrogens with two attached hydrogens (primary N) is 1. The molecule has 0 aromatic heterocycles. The summed E-state index contributed by atoms with van der Waals surface area (Å²) in [6.07, 6.45) is 8.60. The lowest BCUT2D eigenvalue weighted by atomic mass is 10.0. The maximum absolute atomic E-state index is 13.7. The van der Waals surface area contributed by atoms with Crippen LogP contribution in [-0.2, 0) is 24.4 Å². The van der Waals surface area contributed by atoms with E-state index >= 15 is 0 Å². The van der Waals surface area contributed by atoms with E-state index in [0.717, 1.165) is 19.3 Å². The number of carbonyl (C=O) groups is 3. The zero-order valence-corrected chi connectivity index (χ0v) is 23.5. The molecule has 0 spiro atoms. The van der Waals surface area contributed by atoms with Gasteiger partial charge in [-0.3, -0.25) is 19.1 Å². The molecule has 1 aromatic carbocycles. The van der Waals surface area contributed by atoms with Crippen LogP contribution in [0.1, 0.15) is 64.7 Å². The first kappa shape index (κ1) is 30.0. The minimum Gasteiger partial charge on any atom is -0.391 e. The van der Waals surface area contributed by atoms with Crippen LogP contribution in [0.3, 0.4) is 0 Å². The molecule has 10 nitrogen and oxygen atoms in total. The number of unbranched alkanes of at least 4 members (excludes halogenated alkanes) is 3. The summed E-state index contributed by atoms with van der Waals surface area (Å²) in [6, 6.07) is 4.20. The van der Waals surface area contributed by atoms with Crippen LogP contribution in [0, 0.1) is 17.7 Å². The number of halogens is 1. The van der Waals surface area contributed by atoms with Crippen LogP contribution in [0.5, 0.6) is 0 Å². The Morgan fingerprint density at radius 3 is 2.65 bits per heavy atom. The van der Waals surface area contributed by atoms with E-state index in [4.69, 9.17) is 5.73 Å². The van der Waals surface area contributed by atoms with Crippen LogP contribution >= 0.6 is 0 Å². The van der Waals surface area contributed by atoms with Crippen LogP contribution in [-0.4, -0.2) is 65.6 Å². The van der Waals surface area contributed by atoms with Crippen molar-refractivity contribution in [3.8, 4) is 0 Å². The molecule has 12 heteroatoms. The molecule has 3 amide bonds. The van der Waals surface area contributed by atoms with Gasteiger partial charge in [0.25, 0.3) is 0 Å². The monoisotopic (exact) mass is 578 g/mol. The molecule has 1 heterocycles. The van der Waals surface area contributed by atoms with Gasteiger partial charge in [0.05, 0.1) is 10.9 Å². The fourth-order valence-electron chi connectivity index (χ4n) is 5.13. The van der Waals surface area contributed by atoms with Crippen LogP contribution in [0.2, 0.25) is 0 Å². The highest BCUT2D eigenvalue weighted by molar-refractivity contribution is 7.91. The fourth-order valence-corrected chi connectivity index (χ4v) is 6.43. The zero-order chi connectivity index (χ0) is 29.1. The molecule has 0 bridgehead atoms. The Morgan fingerprint density at radius 1 is 1.23 bits per heavy atom. The number of aliphatic hydroxyl groups is 1. The fraction of sp³-hybridized carbons (Fsp3) is 0.607. The smallest absolute Gasteiger partial charge is 0.245 e. The molecule has 220 valence electrons. The van der Waals surface area contributed by atoms with Crippen molar-refractivity contribution >= 4 is 33.4 Å². The molecular formula is C28H39FN4O6S. The van der Waals surface area contributed by atoms with Gasteiger partial charge in [-0.05, 0) is 69.6 Å². The average Bonchev–Trinajstić information content (AvgIpc) is 3.79. The maximum Gasteiger partial charge on any atom is 0.245 e. The van der Waals surface area contributed by atoms with Crippen molar-refractivity contribution < 1.29 is 32.3 Å². The standard InChI is InChI=1S/C28H39FN4O6S/c1-28(12-13-28)40(38,39)32-26(36)22-14-18(22)8-5-3-2-4-6-11-23(31-20-10-7-9-19(29)15-20)27(37)33-17-21(34)16-24(33)25(30)35/h5,7-10,15,18,21-24,31,34H,2-4,6,11-14,16-17H2,1H3,(H2,30,35)(H,32,36)/b8-5-/t18-,21-,22+,23+,24+/m1/s1. The summed E-state index contributed by atoms with van der Waals surface area (Å²) in [4.78, 5) is 38.8. The molecule has 40 heavy (non-hydrogen) atoms. The van der Waals surface area contributed by atoms with Crippen molar-refractivity contribution in [3.05, 3.63) is 42.2 Å². The van der Waals surface area contributed by atoms with E-state index in [1.54, 1.807) is 13.0 Å². The number of nitrogens with one attached hydrogen (secondary N) is 2. The third kappa shape index (κ3) is 7.39. The molecule has 5 N–H and O–H groups in total. The molecule has 0 unspecified atom stereocenters. The molecular weight excluding hydrogens is 539 g/mol. The maximum atomic E-state index is 13.7. The zero-order valence-electron chi connectivity index (χ0n) is 22.7. The Hall–Kier alpha value is -2.99. The summed E-state index contributed by atoms with van der Waals surface area (Å²) in [6.45, 7) is 1.67. The minimum absolute atomic E-state index is 0.0179. The number of likely N-dealkylation sites (tertiary alicyclic amines) is 1. The molecule has 3 aliphatic rings. The lowest BCUT2D eigenvalue weighted by Crippen LogP contribution is -2.49. The lowest BCUT2D eigenvalue weighted by molar-refractivity contribution is -0.138. The Kier molecular flexibility index (Phi) is 9.19. The Bertz CT molecular complexity index is 1250. The first-order valence-electron chi connectivity index (χ1n) is 13.9. The van der Waals surface area contributed by atoms with Crippen molar-refractivity contribution in [2.24, 2.45) is 17.6 Å². The summed E-state index contributed by atoms with van der Waals surface area (Å²) in [7, 11) is -3.61. The van der Waals surface area contributed by atoms with Crippen LogP contribution < -0.4 is 15.8 Å². The van der Waals surface area contributed by atoms with Crippen LogP contribution in [0.25, 0.3) is 0 Å². The third-order valence-electron chi connectivity index (χ3n) is 8.12. The minimum atomic E-state index is -3.61. The van der Waals surface area contributed by atoms with E-state index in [1.165, 1.54) is 23.1 Å². The average molecular weight is 579 g/mol. The van der Waals surface area contributed by atoms with Gasteiger partial charge >= 0.3 is 0 Å². The largest absolute Gasteiger partial charge is 0.391 e. The highest BCUT2D eigenvalue weighted by atomic mass is 32.2. The third-order valence-corrected chi connectivity index (χ3v) is 10.3. The van der Waals surface area contributed by atoms with Crippen molar-refractivity contribution in [3.63, 3.8) is 0 Å². The molecule has 5 atom stereocenters. The topological polar surface area (TPSA) is 159 Å². The highest BCUT2D eigenvalue weighted by Crippen LogP contribution is 2.44. The Morgan fingerprint density at radius 2 is 1.98 bits per heavy atom. The number of amides is 3. The Labute approximate surface area is 234 Å². The van der Waals surface area contributed by atoms with Gasteiger partial charge in [0, 0.05) is 24.6 Å². The number of benzene rings is 1. The molecule has 2 aliphatic carbocycles. The quantitative estimate of drug-likeness (QED) is 0.195. The van der Waals surface area contributed by atoms with Gasteiger partial charge in [-0.15, -0.1) is 0 Å². The summed E-state index contributed by atoms with van der Waals surface area (Å²) in [5, 5.41) is 13.1. The summed E-state index contributed by atoms with van der Waals surface area (Å²) < 4.78 is 39.6. The second-order valence-corrected chi connectivity index (χ2v) is 13.7. The number of hydrogen-bond acceptors (Lipinski definition) is 7. The summed E-state index contributed by atoms with van der Waals surface area (Å²) in [5.74, 6) is -2.15. The van der Waals surface area contributed by atoms with E-state index in [-0.39, 0.29) is 30.7 Å². The van der Waals surface area contributed by atoms with Gasteiger partial charge in [-0.25, -0.2) is 12.8 Å². The van der Waals surface area contributed by atoms with E-state index in [1.807, 2.05) is 12.2 Å². The summed E-state index contributed by atoms with van der Waals surface area (Å²) >= 11 is 0. The van der Waals surface area contributed by atoms with Gasteiger partial charge in [-0.1, -0.05) is 31.1 Å². The number of nitrogens with zero attached hydrogens (tertiary/aromatic N) is 1. The molecule has 0 radical (unpaired) electrons. The van der Waals surface area contributed by atoms with Crippen molar-refractivity contribution in [2.45, 2.75) is 87.6 Å². The highest BCUT2D eigenvalue weighted by Gasteiger charge is 2.52. The van der Waals surface area contributed by atoms with Crippen molar-refractivity contribution in [2.75, 3.05) is 11.9 Å². The van der Waals surface area contributed by atoms with E-state index in [0.29, 0.717) is 37.8 Å². The molecule has 3 fully saturated rings. The number of sulfonamides is 1. The summed E-state index contributed by atoms with van der Waals surface area (Å²) in [5.41, 5.74) is 5.90. The van der Waals surface area contributed by atoms with Crippen LogP contribution in [0.15, 0.2) is 36.4 Å². The molecule has 2 saturated carbocycles. The van der Waals surface area contributed by atoms with Crippen molar-refractivity contribution in [1.29, 1.82) is 0 Å². The number of hydrogen-bond donors (Lipinski definition) is 4. The number of carbonyl (C=O) groups excluding carboxylic acids is 3. The number of aliphatic hydroxyl groups excluding tert-OH is 1. The molecule has 4 rings (SSSR count). The number of rotatable bonds is 14. The van der Waals surface area contributed by atoms with Gasteiger partial charge in [0.2, 0.25) is 27.7 Å². The predicted molar refractivity (Wildman–Crippen MR) is 148 cm³/mol. The Balaban J connectivity index is 1.22. The number of anilines is 1. The van der Waals surface area contributed by atoms with Gasteiger partial charge in [0.15, 0.2) is 0 Å². The molecule has 1 aliphatic heterocycles. The first-order valence-corrected chi connectivity index (χ1v) is 15.4. The van der Waals surface area contributed by atoms with Crippen molar-refractivity contribution in [1.82, 2.24) is 9.62 Å². The van der Waals surface area contributed by atoms with Gasteiger partial charge in [0.1, 0.15) is 17.9 Å². The second-order valence-electron chi connectivity index (χ2n) is 11.5. The molecule has 1 saturated heterocycles. The number of allylic oxidation sites excluding steroid dienone is 2.